The molecule has 1 amide bonds. The van der Waals surface area contributed by atoms with Crippen molar-refractivity contribution in [3.8, 4) is 5.75 Å². The summed E-state index contributed by atoms with van der Waals surface area (Å²) in [5, 5.41) is 2.56. The molecule has 0 atom stereocenters. The monoisotopic (exact) mass is 397 g/mol. The predicted molar refractivity (Wildman–Crippen MR) is 94.1 cm³/mol. The van der Waals surface area contributed by atoms with Crippen molar-refractivity contribution in [3.05, 3.63) is 59.7 Å². The molecule has 0 fully saturated rings. The van der Waals surface area contributed by atoms with E-state index in [4.69, 9.17) is 9.47 Å². The number of rotatable bonds is 8. The molecule has 0 aliphatic rings. The van der Waals surface area contributed by atoms with Gasteiger partial charge in [-0.05, 0) is 29.8 Å². The van der Waals surface area contributed by atoms with Crippen LogP contribution in [0.25, 0.3) is 0 Å². The third kappa shape index (κ3) is 6.92. The van der Waals surface area contributed by atoms with Crippen molar-refractivity contribution in [1.29, 1.82) is 0 Å². The summed E-state index contributed by atoms with van der Waals surface area (Å²) in [5.41, 5.74) is 1.06. The van der Waals surface area contributed by atoms with Gasteiger partial charge in [0.2, 0.25) is 0 Å². The van der Waals surface area contributed by atoms with Crippen molar-refractivity contribution < 1.29 is 37.0 Å². The van der Waals surface area contributed by atoms with Crippen LogP contribution < -0.4 is 10.1 Å². The smallest absolute Gasteiger partial charge is 0.411 e. The van der Waals surface area contributed by atoms with Gasteiger partial charge in [0.25, 0.3) is 5.91 Å². The Morgan fingerprint density at radius 3 is 2.36 bits per heavy atom. The molecule has 2 rings (SSSR count). The van der Waals surface area contributed by atoms with Crippen LogP contribution in [-0.2, 0) is 20.9 Å². The van der Waals surface area contributed by atoms with E-state index in [0.717, 1.165) is 0 Å². The highest BCUT2D eigenvalue weighted by atomic mass is 19.4. The summed E-state index contributed by atoms with van der Waals surface area (Å²) in [4.78, 5) is 23.9. The van der Waals surface area contributed by atoms with E-state index in [2.05, 4.69) is 10.1 Å². The molecule has 0 spiro atoms. The fourth-order valence-corrected chi connectivity index (χ4v) is 2.17. The molecule has 0 saturated carbocycles. The number of amides is 1. The van der Waals surface area contributed by atoms with Gasteiger partial charge < -0.3 is 19.5 Å². The molecule has 0 saturated heterocycles. The molecule has 0 aromatic heterocycles. The van der Waals surface area contributed by atoms with Crippen molar-refractivity contribution in [2.24, 2.45) is 0 Å². The van der Waals surface area contributed by atoms with Crippen LogP contribution in [0.3, 0.4) is 0 Å². The molecule has 0 aliphatic carbocycles. The van der Waals surface area contributed by atoms with E-state index in [-0.39, 0.29) is 12.2 Å². The third-order valence-corrected chi connectivity index (χ3v) is 3.44. The van der Waals surface area contributed by atoms with E-state index in [9.17, 15) is 22.8 Å². The minimum atomic E-state index is -4.39. The van der Waals surface area contributed by atoms with E-state index < -0.39 is 31.3 Å². The lowest BCUT2D eigenvalue weighted by molar-refractivity contribution is -0.176. The summed E-state index contributed by atoms with van der Waals surface area (Å²) >= 11 is 0. The Hall–Kier alpha value is -3.07. The average molecular weight is 397 g/mol. The van der Waals surface area contributed by atoms with Crippen LogP contribution in [0.1, 0.15) is 15.9 Å². The molecule has 0 aliphatic heterocycles. The van der Waals surface area contributed by atoms with Gasteiger partial charge >= 0.3 is 12.1 Å². The second-order valence-electron chi connectivity index (χ2n) is 5.63. The largest absolute Gasteiger partial charge is 0.495 e. The zero-order chi connectivity index (χ0) is 20.6. The second kappa shape index (κ2) is 9.75. The van der Waals surface area contributed by atoms with E-state index in [1.807, 2.05) is 0 Å². The topological polar surface area (TPSA) is 73.9 Å². The number of anilines is 1. The second-order valence-corrected chi connectivity index (χ2v) is 5.63. The molecular weight excluding hydrogens is 379 g/mol. The number of hydrogen-bond acceptors (Lipinski definition) is 5. The van der Waals surface area contributed by atoms with Gasteiger partial charge in [-0.3, -0.25) is 4.79 Å². The van der Waals surface area contributed by atoms with Crippen LogP contribution in [0.4, 0.5) is 18.9 Å². The molecule has 9 heteroatoms. The Labute approximate surface area is 159 Å². The number of carbonyl (C=O) groups is 2. The highest BCUT2D eigenvalue weighted by Crippen LogP contribution is 2.22. The average Bonchev–Trinajstić information content (AvgIpc) is 2.66. The van der Waals surface area contributed by atoms with Crippen molar-refractivity contribution in [2.45, 2.75) is 12.8 Å². The molecule has 1 N–H and O–H groups in total. The van der Waals surface area contributed by atoms with Gasteiger partial charge in [-0.2, -0.15) is 13.2 Å². The number of benzene rings is 2. The van der Waals surface area contributed by atoms with E-state index in [1.54, 1.807) is 24.3 Å². The van der Waals surface area contributed by atoms with Crippen molar-refractivity contribution in [3.63, 3.8) is 0 Å². The maximum atomic E-state index is 12.0. The summed E-state index contributed by atoms with van der Waals surface area (Å²) in [7, 11) is 1.46. The minimum absolute atomic E-state index is 0.157. The van der Waals surface area contributed by atoms with Gasteiger partial charge in [0.15, 0.2) is 6.61 Å². The predicted octanol–water partition coefficient (Wildman–Crippen LogP) is 3.57. The van der Waals surface area contributed by atoms with Crippen molar-refractivity contribution in [2.75, 3.05) is 25.6 Å². The van der Waals surface area contributed by atoms with Crippen molar-refractivity contribution >= 4 is 17.6 Å². The zero-order valence-electron chi connectivity index (χ0n) is 14.9. The standard InChI is InChI=1S/C19H18F3NO5/c1-26-16-5-3-2-4-15(16)23-17(24)11-28-18(25)14-8-6-13(7-9-14)10-27-12-19(20,21)22/h2-9H,10-12H2,1H3,(H,23,24). The summed E-state index contributed by atoms with van der Waals surface area (Å²) in [6, 6.07) is 12.4. The van der Waals surface area contributed by atoms with Gasteiger partial charge in [0, 0.05) is 0 Å². The van der Waals surface area contributed by atoms with E-state index in [1.165, 1.54) is 31.4 Å². The van der Waals surface area contributed by atoms with Gasteiger partial charge in [-0.15, -0.1) is 0 Å². The first kappa shape index (κ1) is 21.2. The first-order valence-electron chi connectivity index (χ1n) is 8.12. The quantitative estimate of drug-likeness (QED) is 0.690. The minimum Gasteiger partial charge on any atom is -0.495 e. The number of esters is 1. The normalized spacial score (nSPS) is 11.0. The highest BCUT2D eigenvalue weighted by Gasteiger charge is 2.27. The summed E-state index contributed by atoms with van der Waals surface area (Å²) < 4.78 is 50.7. The Balaban J connectivity index is 1.81. The number of hydrogen-bond donors (Lipinski definition) is 1. The Bertz CT molecular complexity index is 806. The fourth-order valence-electron chi connectivity index (χ4n) is 2.17. The van der Waals surface area contributed by atoms with E-state index in [0.29, 0.717) is 17.0 Å². The van der Waals surface area contributed by atoms with Gasteiger partial charge in [0.05, 0.1) is 25.0 Å². The lowest BCUT2D eigenvalue weighted by Crippen LogP contribution is -2.21. The molecule has 0 unspecified atom stereocenters. The van der Waals surface area contributed by atoms with Gasteiger partial charge in [0.1, 0.15) is 12.4 Å². The third-order valence-electron chi connectivity index (χ3n) is 3.44. The SMILES string of the molecule is COc1ccccc1NC(=O)COC(=O)c1ccc(COCC(F)(F)F)cc1. The van der Waals surface area contributed by atoms with Crippen LogP contribution in [0.5, 0.6) is 5.75 Å². The molecule has 2 aromatic carbocycles. The Morgan fingerprint density at radius 2 is 1.71 bits per heavy atom. The number of para-hydroxylation sites is 2. The fraction of sp³-hybridized carbons (Fsp3) is 0.263. The number of methoxy groups -OCH3 is 1. The maximum absolute atomic E-state index is 12.0. The molecule has 28 heavy (non-hydrogen) atoms. The summed E-state index contributed by atoms with van der Waals surface area (Å²) in [6.45, 7) is -2.10. The lowest BCUT2D eigenvalue weighted by atomic mass is 10.1. The van der Waals surface area contributed by atoms with Crippen LogP contribution in [0.15, 0.2) is 48.5 Å². The molecule has 2 aromatic rings. The van der Waals surface area contributed by atoms with Crippen molar-refractivity contribution in [1.82, 2.24) is 0 Å². The Kier molecular flexibility index (Phi) is 7.39. The molecular formula is C19H18F3NO5. The first-order valence-corrected chi connectivity index (χ1v) is 8.12. The maximum Gasteiger partial charge on any atom is 0.411 e. The number of nitrogens with one attached hydrogen (secondary N) is 1. The highest BCUT2D eigenvalue weighted by molar-refractivity contribution is 5.96. The number of ether oxygens (including phenoxy) is 3. The van der Waals surface area contributed by atoms with Crippen LogP contribution >= 0.6 is 0 Å². The zero-order valence-corrected chi connectivity index (χ0v) is 14.9. The molecule has 0 bridgehead atoms. The molecule has 0 radical (unpaired) electrons. The number of carbonyl (C=O) groups excluding carboxylic acids is 2. The van der Waals surface area contributed by atoms with Crippen LogP contribution in [0.2, 0.25) is 0 Å². The summed E-state index contributed by atoms with van der Waals surface area (Å²) in [6.07, 6.45) is -4.39. The van der Waals surface area contributed by atoms with Gasteiger partial charge in [-0.25, -0.2) is 4.79 Å². The Morgan fingerprint density at radius 1 is 1.04 bits per heavy atom. The molecule has 6 nitrogen and oxygen atoms in total. The number of alkyl halides is 3. The summed E-state index contributed by atoms with van der Waals surface area (Å²) in [5.74, 6) is -0.821. The molecule has 150 valence electrons. The molecule has 0 heterocycles. The van der Waals surface area contributed by atoms with E-state index >= 15 is 0 Å². The van der Waals surface area contributed by atoms with Crippen LogP contribution in [-0.4, -0.2) is 38.4 Å². The first-order chi connectivity index (χ1) is 13.3. The number of halogens is 3. The lowest BCUT2D eigenvalue weighted by Gasteiger charge is -2.10. The van der Waals surface area contributed by atoms with Gasteiger partial charge in [-0.1, -0.05) is 24.3 Å². The van der Waals surface area contributed by atoms with Crippen LogP contribution in [0, 0.1) is 0 Å².